The summed E-state index contributed by atoms with van der Waals surface area (Å²) in [6.45, 7) is 5.05. The fourth-order valence-corrected chi connectivity index (χ4v) is 2.07. The first kappa shape index (κ1) is 16.4. The van der Waals surface area contributed by atoms with Gasteiger partial charge in [0.05, 0.1) is 18.2 Å². The van der Waals surface area contributed by atoms with Crippen LogP contribution in [0.3, 0.4) is 0 Å². The molecule has 0 amide bonds. The van der Waals surface area contributed by atoms with Crippen LogP contribution in [0.25, 0.3) is 0 Å². The summed E-state index contributed by atoms with van der Waals surface area (Å²) in [5.41, 5.74) is 1.12. The molecule has 1 N–H and O–H groups in total. The van der Waals surface area contributed by atoms with Crippen LogP contribution in [0.15, 0.2) is 18.5 Å². The van der Waals surface area contributed by atoms with Crippen molar-refractivity contribution >= 4 is 11.6 Å². The number of likely N-dealkylation sites (N-methyl/N-ethyl adjacent to an activating group) is 1. The van der Waals surface area contributed by atoms with E-state index >= 15 is 0 Å². The van der Waals surface area contributed by atoms with Crippen molar-refractivity contribution in [2.24, 2.45) is 0 Å². The van der Waals surface area contributed by atoms with Gasteiger partial charge in [0.15, 0.2) is 0 Å². The van der Waals surface area contributed by atoms with Gasteiger partial charge >= 0.3 is 0 Å². The fraction of sp³-hybridized carbons (Fsp3) is 0.643. The van der Waals surface area contributed by atoms with E-state index in [9.17, 15) is 0 Å². The van der Waals surface area contributed by atoms with Crippen LogP contribution in [-0.2, 0) is 15.9 Å². The number of rotatable bonds is 10. The summed E-state index contributed by atoms with van der Waals surface area (Å²) in [5.74, 6) is 0. The molecule has 19 heavy (non-hydrogen) atoms. The van der Waals surface area contributed by atoms with Crippen LogP contribution in [0.5, 0.6) is 0 Å². The van der Waals surface area contributed by atoms with Gasteiger partial charge in [0.1, 0.15) is 0 Å². The second kappa shape index (κ2) is 10.1. The summed E-state index contributed by atoms with van der Waals surface area (Å²) < 4.78 is 10.5. The molecule has 1 unspecified atom stereocenters. The molecule has 1 atom stereocenters. The zero-order valence-electron chi connectivity index (χ0n) is 11.7. The highest BCUT2D eigenvalue weighted by molar-refractivity contribution is 6.31. The first-order valence-corrected chi connectivity index (χ1v) is 7.04. The second-order valence-corrected chi connectivity index (χ2v) is 4.73. The predicted molar refractivity (Wildman–Crippen MR) is 77.7 cm³/mol. The number of nitrogens with one attached hydrogen (secondary N) is 1. The minimum atomic E-state index is 0.368. The van der Waals surface area contributed by atoms with E-state index in [1.165, 1.54) is 0 Å². The van der Waals surface area contributed by atoms with Crippen LogP contribution in [-0.4, -0.2) is 44.5 Å². The van der Waals surface area contributed by atoms with Gasteiger partial charge in [0, 0.05) is 32.2 Å². The minimum Gasteiger partial charge on any atom is -0.382 e. The van der Waals surface area contributed by atoms with E-state index in [2.05, 4.69) is 17.2 Å². The fourth-order valence-electron chi connectivity index (χ4n) is 1.87. The predicted octanol–water partition coefficient (Wildman–Crippen LogP) is 2.31. The molecule has 0 bridgehead atoms. The van der Waals surface area contributed by atoms with Crippen molar-refractivity contribution in [3.8, 4) is 0 Å². The van der Waals surface area contributed by atoms with Crippen molar-refractivity contribution in [1.29, 1.82) is 0 Å². The molecule has 108 valence electrons. The van der Waals surface area contributed by atoms with E-state index in [1.54, 1.807) is 19.5 Å². The van der Waals surface area contributed by atoms with Gasteiger partial charge in [0.2, 0.25) is 0 Å². The lowest BCUT2D eigenvalue weighted by Crippen LogP contribution is -2.32. The molecule has 5 heteroatoms. The third kappa shape index (κ3) is 6.87. The highest BCUT2D eigenvalue weighted by Gasteiger charge is 2.10. The normalized spacial score (nSPS) is 12.6. The minimum absolute atomic E-state index is 0.368. The lowest BCUT2D eigenvalue weighted by Gasteiger charge is -2.18. The van der Waals surface area contributed by atoms with Crippen LogP contribution >= 0.6 is 11.6 Å². The topological polar surface area (TPSA) is 43.4 Å². The van der Waals surface area contributed by atoms with Gasteiger partial charge in [-0.2, -0.15) is 0 Å². The number of aromatic nitrogens is 1. The Morgan fingerprint density at radius 1 is 1.37 bits per heavy atom. The van der Waals surface area contributed by atoms with E-state index < -0.39 is 0 Å². The van der Waals surface area contributed by atoms with Crippen molar-refractivity contribution in [3.63, 3.8) is 0 Å². The number of halogens is 1. The van der Waals surface area contributed by atoms with Crippen molar-refractivity contribution in [2.45, 2.75) is 25.8 Å². The Bertz CT molecular complexity index is 350. The standard InChI is InChI=1S/C14H23ClN2O2/c1-3-17-13(5-7-19-9-8-18-2)10-12-4-6-16-11-14(12)15/h4,6,11,13,17H,3,5,7-10H2,1-2H3. The molecule has 0 spiro atoms. The van der Waals surface area contributed by atoms with Crippen molar-refractivity contribution in [1.82, 2.24) is 10.3 Å². The van der Waals surface area contributed by atoms with Gasteiger partial charge in [-0.15, -0.1) is 0 Å². The van der Waals surface area contributed by atoms with Crippen LogP contribution in [0.1, 0.15) is 18.9 Å². The maximum atomic E-state index is 6.13. The van der Waals surface area contributed by atoms with Gasteiger partial charge in [-0.3, -0.25) is 4.98 Å². The van der Waals surface area contributed by atoms with Crippen molar-refractivity contribution in [2.75, 3.05) is 33.5 Å². The molecule has 1 heterocycles. The Morgan fingerprint density at radius 2 is 2.21 bits per heavy atom. The molecule has 0 aliphatic heterocycles. The number of nitrogens with zero attached hydrogens (tertiary/aromatic N) is 1. The van der Waals surface area contributed by atoms with Crippen LogP contribution in [0.4, 0.5) is 0 Å². The molecule has 1 aromatic rings. The molecule has 4 nitrogen and oxygen atoms in total. The molecule has 1 aromatic heterocycles. The lowest BCUT2D eigenvalue weighted by atomic mass is 10.0. The maximum Gasteiger partial charge on any atom is 0.0700 e. The molecule has 0 saturated heterocycles. The molecular formula is C14H23ClN2O2. The Labute approximate surface area is 120 Å². The smallest absolute Gasteiger partial charge is 0.0700 e. The Morgan fingerprint density at radius 3 is 2.89 bits per heavy atom. The van der Waals surface area contributed by atoms with Crippen molar-refractivity contribution in [3.05, 3.63) is 29.0 Å². The summed E-state index contributed by atoms with van der Waals surface area (Å²) in [5, 5.41) is 4.19. The number of hydrogen-bond donors (Lipinski definition) is 1. The first-order valence-electron chi connectivity index (χ1n) is 6.66. The molecule has 0 aromatic carbocycles. The zero-order valence-corrected chi connectivity index (χ0v) is 12.4. The highest BCUT2D eigenvalue weighted by atomic mass is 35.5. The maximum absolute atomic E-state index is 6.13. The van der Waals surface area contributed by atoms with Crippen LogP contribution in [0.2, 0.25) is 5.02 Å². The molecular weight excluding hydrogens is 264 g/mol. The molecule has 1 rings (SSSR count). The lowest BCUT2D eigenvalue weighted by molar-refractivity contribution is 0.0659. The van der Waals surface area contributed by atoms with Gasteiger partial charge in [-0.25, -0.2) is 0 Å². The summed E-state index contributed by atoms with van der Waals surface area (Å²) >= 11 is 6.13. The number of methoxy groups -OCH3 is 1. The molecule has 0 fully saturated rings. The average Bonchev–Trinajstić information content (AvgIpc) is 2.41. The Kier molecular flexibility index (Phi) is 8.75. The summed E-state index contributed by atoms with van der Waals surface area (Å²) in [4.78, 5) is 4.00. The number of ether oxygens (including phenoxy) is 2. The Balaban J connectivity index is 2.37. The van der Waals surface area contributed by atoms with E-state index in [1.807, 2.05) is 6.07 Å². The van der Waals surface area contributed by atoms with Gasteiger partial charge in [-0.05, 0) is 31.0 Å². The first-order chi connectivity index (χ1) is 9.27. The van der Waals surface area contributed by atoms with Crippen molar-refractivity contribution < 1.29 is 9.47 Å². The van der Waals surface area contributed by atoms with E-state index in [0.717, 1.165) is 36.6 Å². The van der Waals surface area contributed by atoms with Gasteiger partial charge in [-0.1, -0.05) is 18.5 Å². The molecule has 0 aliphatic carbocycles. The summed E-state index contributed by atoms with van der Waals surface area (Å²) in [6.07, 6.45) is 5.31. The third-order valence-corrected chi connectivity index (χ3v) is 3.20. The number of hydrogen-bond acceptors (Lipinski definition) is 4. The molecule has 0 aliphatic rings. The van der Waals surface area contributed by atoms with E-state index in [4.69, 9.17) is 21.1 Å². The summed E-state index contributed by atoms with van der Waals surface area (Å²) in [6, 6.07) is 2.34. The van der Waals surface area contributed by atoms with E-state index in [0.29, 0.717) is 19.3 Å². The third-order valence-electron chi connectivity index (χ3n) is 2.86. The largest absolute Gasteiger partial charge is 0.382 e. The molecule has 0 radical (unpaired) electrons. The quantitative estimate of drug-likeness (QED) is 0.670. The van der Waals surface area contributed by atoms with Gasteiger partial charge in [0.25, 0.3) is 0 Å². The Hall–Kier alpha value is -0.680. The zero-order chi connectivity index (χ0) is 13.9. The van der Waals surface area contributed by atoms with E-state index in [-0.39, 0.29) is 0 Å². The number of pyridine rings is 1. The highest BCUT2D eigenvalue weighted by Crippen LogP contribution is 2.16. The average molecular weight is 287 g/mol. The van der Waals surface area contributed by atoms with Gasteiger partial charge < -0.3 is 14.8 Å². The SMILES string of the molecule is CCNC(CCOCCOC)Cc1ccncc1Cl. The second-order valence-electron chi connectivity index (χ2n) is 4.32. The van der Waals surface area contributed by atoms with Crippen LogP contribution in [0, 0.1) is 0 Å². The monoisotopic (exact) mass is 286 g/mol. The molecule has 0 saturated carbocycles. The van der Waals surface area contributed by atoms with Crippen LogP contribution < -0.4 is 5.32 Å². The summed E-state index contributed by atoms with van der Waals surface area (Å²) in [7, 11) is 1.68.